The number of esters is 2. The van der Waals surface area contributed by atoms with Gasteiger partial charge >= 0.3 is 19.8 Å². The van der Waals surface area contributed by atoms with E-state index < -0.39 is 26.5 Å². The summed E-state index contributed by atoms with van der Waals surface area (Å²) in [6, 6.07) is 0. The standard InChI is InChI=1S/C73H142NO8P/c1-6-8-10-12-14-16-18-20-22-24-26-28-29-30-31-32-33-34-35-36-37-38-39-40-41-42-43-44-46-47-49-51-53-55-57-59-61-63-65-72(75)79-69-71(70-81-83(77,78)80-68-67-74(3,4)5)82-73(76)66-64-62-60-58-56-54-52-50-48-45-27-25-23-21-19-17-15-13-11-9-7-2/h19,21,25,27,71H,6-18,20,22-24,26,28-70H2,1-5H3/p+1/b21-19-,27-25-. The molecule has 0 fully saturated rings. The maximum absolute atomic E-state index is 12.9. The Morgan fingerprint density at radius 3 is 0.952 bits per heavy atom. The van der Waals surface area contributed by atoms with Gasteiger partial charge in [0.05, 0.1) is 27.7 Å². The van der Waals surface area contributed by atoms with Crippen LogP contribution in [0.1, 0.15) is 380 Å². The van der Waals surface area contributed by atoms with Gasteiger partial charge < -0.3 is 18.9 Å². The van der Waals surface area contributed by atoms with Gasteiger partial charge in [0.1, 0.15) is 19.8 Å². The minimum absolute atomic E-state index is 0.0335. The summed E-state index contributed by atoms with van der Waals surface area (Å²) in [7, 11) is 1.49. The quantitative estimate of drug-likeness (QED) is 0.0211. The number of nitrogens with zero attached hydrogens (tertiary/aromatic N) is 1. The van der Waals surface area contributed by atoms with Crippen molar-refractivity contribution in [2.45, 2.75) is 386 Å². The van der Waals surface area contributed by atoms with Crippen molar-refractivity contribution in [3.05, 3.63) is 24.3 Å². The molecule has 9 nitrogen and oxygen atoms in total. The van der Waals surface area contributed by atoms with Gasteiger partial charge in [-0.15, -0.1) is 0 Å². The highest BCUT2D eigenvalue weighted by Crippen LogP contribution is 2.43. The summed E-state index contributed by atoms with van der Waals surface area (Å²) < 4.78 is 34.7. The number of rotatable bonds is 69. The van der Waals surface area contributed by atoms with Gasteiger partial charge in [0.25, 0.3) is 0 Å². The van der Waals surface area contributed by atoms with E-state index in [1.165, 1.54) is 302 Å². The highest BCUT2D eigenvalue weighted by atomic mass is 31.2. The van der Waals surface area contributed by atoms with E-state index >= 15 is 0 Å². The van der Waals surface area contributed by atoms with Crippen molar-refractivity contribution >= 4 is 19.8 Å². The predicted molar refractivity (Wildman–Crippen MR) is 358 cm³/mol. The molecule has 0 aliphatic carbocycles. The second-order valence-electron chi connectivity index (χ2n) is 26.3. The zero-order valence-corrected chi connectivity index (χ0v) is 57.1. The van der Waals surface area contributed by atoms with E-state index in [1.807, 2.05) is 21.1 Å². The smallest absolute Gasteiger partial charge is 0.462 e. The van der Waals surface area contributed by atoms with Crippen LogP contribution in [0.2, 0.25) is 0 Å². The summed E-state index contributed by atoms with van der Waals surface area (Å²) >= 11 is 0. The number of allylic oxidation sites excluding steroid dienone is 4. The number of hydrogen-bond donors (Lipinski definition) is 1. The van der Waals surface area contributed by atoms with Gasteiger partial charge in [-0.05, 0) is 44.9 Å². The fourth-order valence-electron chi connectivity index (χ4n) is 11.1. The molecule has 10 heteroatoms. The molecule has 0 radical (unpaired) electrons. The lowest BCUT2D eigenvalue weighted by atomic mass is 10.0. The number of likely N-dealkylation sites (N-methyl/N-ethyl adjacent to an activating group) is 1. The Bertz CT molecular complexity index is 1450. The first-order chi connectivity index (χ1) is 40.5. The summed E-state index contributed by atoms with van der Waals surface area (Å²) in [6.07, 6.45) is 81.7. The molecule has 0 aliphatic rings. The Kier molecular flexibility index (Phi) is 63.8. The largest absolute Gasteiger partial charge is 0.472 e. The predicted octanol–water partition coefficient (Wildman–Crippen LogP) is 23.7. The van der Waals surface area contributed by atoms with Crippen molar-refractivity contribution < 1.29 is 42.1 Å². The summed E-state index contributed by atoms with van der Waals surface area (Å²) in [4.78, 5) is 35.8. The molecule has 0 bridgehead atoms. The first-order valence-corrected chi connectivity index (χ1v) is 38.1. The molecule has 0 saturated heterocycles. The van der Waals surface area contributed by atoms with Crippen molar-refractivity contribution in [2.75, 3.05) is 47.5 Å². The molecule has 0 aliphatic heterocycles. The van der Waals surface area contributed by atoms with Crippen LogP contribution in [0.15, 0.2) is 24.3 Å². The van der Waals surface area contributed by atoms with Crippen LogP contribution in [0.4, 0.5) is 0 Å². The first-order valence-electron chi connectivity index (χ1n) is 36.6. The van der Waals surface area contributed by atoms with Crippen molar-refractivity contribution in [1.29, 1.82) is 0 Å². The Balaban J connectivity index is 3.89. The van der Waals surface area contributed by atoms with Crippen LogP contribution in [0, 0.1) is 0 Å². The molecule has 2 unspecified atom stereocenters. The van der Waals surface area contributed by atoms with Crippen molar-refractivity contribution in [3.63, 3.8) is 0 Å². The van der Waals surface area contributed by atoms with E-state index in [9.17, 15) is 19.0 Å². The fourth-order valence-corrected chi connectivity index (χ4v) is 11.9. The van der Waals surface area contributed by atoms with Gasteiger partial charge in [-0.3, -0.25) is 18.6 Å². The van der Waals surface area contributed by atoms with Gasteiger partial charge in [-0.2, -0.15) is 0 Å². The summed E-state index contributed by atoms with van der Waals surface area (Å²) in [6.45, 7) is 4.49. The number of quaternary nitrogens is 1. The first kappa shape index (κ1) is 81.5. The lowest BCUT2D eigenvalue weighted by Crippen LogP contribution is -2.37. The Labute approximate surface area is 517 Å². The SMILES string of the molecule is CCCCCCC/C=C\C/C=C\CCCCCCCCCCCC(=O)OC(COC(=O)CCCCCCCCCCCCCCCCCCCCCCCCCCCCCCCCCCCCCCCC)COP(=O)(O)OCC[N+](C)(C)C. The molecule has 0 spiro atoms. The van der Waals surface area contributed by atoms with E-state index in [0.717, 1.165) is 44.9 Å². The third-order valence-electron chi connectivity index (χ3n) is 16.7. The normalized spacial score (nSPS) is 13.2. The van der Waals surface area contributed by atoms with E-state index in [-0.39, 0.29) is 25.6 Å². The molecule has 0 rings (SSSR count). The molecule has 2 atom stereocenters. The summed E-state index contributed by atoms with van der Waals surface area (Å²) in [5, 5.41) is 0. The Morgan fingerprint density at radius 1 is 0.373 bits per heavy atom. The van der Waals surface area contributed by atoms with Gasteiger partial charge in [-0.1, -0.05) is 346 Å². The monoisotopic (exact) mass is 1190 g/mol. The number of unbranched alkanes of at least 4 members (excludes halogenated alkanes) is 51. The van der Waals surface area contributed by atoms with E-state index in [0.29, 0.717) is 23.9 Å². The third-order valence-corrected chi connectivity index (χ3v) is 17.7. The second-order valence-corrected chi connectivity index (χ2v) is 27.8. The number of carbonyl (C=O) groups excluding carboxylic acids is 2. The van der Waals surface area contributed by atoms with E-state index in [4.69, 9.17) is 18.5 Å². The molecule has 0 saturated carbocycles. The van der Waals surface area contributed by atoms with Crippen LogP contribution < -0.4 is 0 Å². The van der Waals surface area contributed by atoms with Crippen LogP contribution in [0.25, 0.3) is 0 Å². The molecule has 492 valence electrons. The number of hydrogen-bond acceptors (Lipinski definition) is 7. The van der Waals surface area contributed by atoms with Crippen LogP contribution >= 0.6 is 7.82 Å². The number of carbonyl (C=O) groups is 2. The maximum Gasteiger partial charge on any atom is 0.472 e. The highest BCUT2D eigenvalue weighted by Gasteiger charge is 2.27. The van der Waals surface area contributed by atoms with Crippen LogP contribution in [-0.4, -0.2) is 74.9 Å². The molecule has 0 aromatic rings. The highest BCUT2D eigenvalue weighted by molar-refractivity contribution is 7.47. The van der Waals surface area contributed by atoms with Gasteiger partial charge in [0.15, 0.2) is 6.10 Å². The Hall–Kier alpha value is -1.51. The number of phosphoric acid groups is 1. The molecule has 0 amide bonds. The average Bonchev–Trinajstić information content (AvgIpc) is 3.49. The van der Waals surface area contributed by atoms with Crippen molar-refractivity contribution in [1.82, 2.24) is 0 Å². The molecule has 83 heavy (non-hydrogen) atoms. The number of ether oxygens (including phenoxy) is 2. The molecule has 0 aromatic heterocycles. The van der Waals surface area contributed by atoms with Crippen LogP contribution in [-0.2, 0) is 32.7 Å². The zero-order chi connectivity index (χ0) is 60.5. The van der Waals surface area contributed by atoms with Gasteiger partial charge in [0, 0.05) is 12.8 Å². The summed E-state index contributed by atoms with van der Waals surface area (Å²) in [5.74, 6) is -0.782. The minimum atomic E-state index is -4.39. The Morgan fingerprint density at radius 2 is 0.651 bits per heavy atom. The number of phosphoric ester groups is 1. The molecular formula is C73H143NO8P+. The minimum Gasteiger partial charge on any atom is -0.462 e. The maximum atomic E-state index is 12.9. The summed E-state index contributed by atoms with van der Waals surface area (Å²) in [5.41, 5.74) is 0. The van der Waals surface area contributed by atoms with Crippen molar-refractivity contribution in [2.24, 2.45) is 0 Å². The third kappa shape index (κ3) is 69.5. The van der Waals surface area contributed by atoms with Gasteiger partial charge in [-0.25, -0.2) is 4.57 Å². The molecule has 1 N–H and O–H groups in total. The lowest BCUT2D eigenvalue weighted by Gasteiger charge is -2.24. The van der Waals surface area contributed by atoms with E-state index in [1.54, 1.807) is 0 Å². The van der Waals surface area contributed by atoms with Crippen molar-refractivity contribution in [3.8, 4) is 0 Å². The average molecular weight is 1190 g/mol. The molecule has 0 aromatic carbocycles. The van der Waals surface area contributed by atoms with Crippen LogP contribution in [0.5, 0.6) is 0 Å². The fraction of sp³-hybridized carbons (Fsp3) is 0.918. The zero-order valence-electron chi connectivity index (χ0n) is 56.2. The van der Waals surface area contributed by atoms with E-state index in [2.05, 4.69) is 38.2 Å². The molecule has 0 heterocycles. The second kappa shape index (κ2) is 64.9. The topological polar surface area (TPSA) is 108 Å². The molecular weight excluding hydrogens is 1050 g/mol. The van der Waals surface area contributed by atoms with Crippen LogP contribution in [0.3, 0.4) is 0 Å². The lowest BCUT2D eigenvalue weighted by molar-refractivity contribution is -0.870. The van der Waals surface area contributed by atoms with Gasteiger partial charge in [0.2, 0.25) is 0 Å².